The van der Waals surface area contributed by atoms with Crippen LogP contribution in [0.1, 0.15) is 26.7 Å². The Labute approximate surface area is 85.9 Å². The lowest BCUT2D eigenvalue weighted by atomic mass is 10.2. The zero-order chi connectivity index (χ0) is 8.53. The molecule has 0 aromatic heterocycles. The van der Waals surface area contributed by atoms with Gasteiger partial charge in [0.15, 0.2) is 0 Å². The average Bonchev–Trinajstić information content (AvgIpc) is 1.99. The molecule has 0 bridgehead atoms. The summed E-state index contributed by atoms with van der Waals surface area (Å²) < 4.78 is 6.84. The highest BCUT2D eigenvalue weighted by Gasteiger charge is 2.01. The van der Waals surface area contributed by atoms with Gasteiger partial charge in [-0.05, 0) is 12.3 Å². The van der Waals surface area contributed by atoms with Crippen LogP contribution in [0.25, 0.3) is 0 Å². The first-order valence-electron chi connectivity index (χ1n) is 4.45. The van der Waals surface area contributed by atoms with Gasteiger partial charge in [-0.1, -0.05) is 20.3 Å². The van der Waals surface area contributed by atoms with E-state index in [0.717, 1.165) is 19.1 Å². The van der Waals surface area contributed by atoms with Crippen LogP contribution in [0, 0.1) is 5.92 Å². The van der Waals surface area contributed by atoms with Gasteiger partial charge < -0.3 is 17.6 Å². The van der Waals surface area contributed by atoms with Gasteiger partial charge in [0.25, 0.3) is 0 Å². The second-order valence-electron chi connectivity index (χ2n) is 3.01. The largest absolute Gasteiger partial charge is 0.468 e. The van der Waals surface area contributed by atoms with Crippen molar-refractivity contribution < 1.29 is 4.74 Å². The normalized spacial score (nSPS) is 12.6. The average molecular weight is 233 g/mol. The number of hydrogen-bond donors (Lipinski definition) is 0. The first-order valence-corrected chi connectivity index (χ1v) is 9.34. The molecular weight excluding hydrogens is 216 g/mol. The summed E-state index contributed by atoms with van der Waals surface area (Å²) in [6.45, 7) is 6.36. The van der Waals surface area contributed by atoms with Gasteiger partial charge in [0, 0.05) is 13.2 Å². The van der Waals surface area contributed by atoms with Crippen molar-refractivity contribution in [1.29, 1.82) is 0 Å². The maximum absolute atomic E-state index is 5.49. The molecule has 1 atom stereocenters. The van der Waals surface area contributed by atoms with E-state index in [4.69, 9.17) is 4.74 Å². The molecule has 11 heavy (non-hydrogen) atoms. The molecule has 0 N–H and O–H groups in total. The Morgan fingerprint density at radius 2 is 2.27 bits per heavy atom. The van der Waals surface area contributed by atoms with Gasteiger partial charge in [0.05, 0.1) is 0 Å². The molecule has 0 aliphatic rings. The number of hydrogen-bond acceptors (Lipinski definition) is 1. The van der Waals surface area contributed by atoms with Crippen LogP contribution in [0.4, 0.5) is 0 Å². The Morgan fingerprint density at radius 1 is 1.55 bits per heavy atom. The Bertz CT molecular complexity index is 80.5. The lowest BCUT2D eigenvalue weighted by molar-refractivity contribution is 0.107. The molecule has 3 heteroatoms. The molecule has 0 amide bonds. The molecule has 64 valence electrons. The van der Waals surface area contributed by atoms with Crippen LogP contribution in [0.5, 0.6) is 0 Å². The smallest absolute Gasteiger partial charge is 0.381 e. The van der Waals surface area contributed by atoms with Crippen LogP contribution in [0.2, 0.25) is 4.55 Å². The summed E-state index contributed by atoms with van der Waals surface area (Å²) in [5.41, 5.74) is 0. The Balaban J connectivity index is 2.97. The lowest BCUT2D eigenvalue weighted by Gasteiger charge is -2.09. The highest BCUT2D eigenvalue weighted by atomic mass is 79.9. The van der Waals surface area contributed by atoms with Gasteiger partial charge in [-0.3, -0.25) is 0 Å². The zero-order valence-corrected chi connectivity index (χ0v) is 10.6. The fourth-order valence-corrected chi connectivity index (χ4v) is 3.68. The first kappa shape index (κ1) is 12.2. The third-order valence-corrected chi connectivity index (χ3v) is 4.22. The second-order valence-corrected chi connectivity index (χ2v) is 6.35. The molecule has 0 aliphatic carbocycles. The summed E-state index contributed by atoms with van der Waals surface area (Å²) in [5.74, 6) is 0.762. The van der Waals surface area contributed by atoms with Crippen molar-refractivity contribution in [3.8, 4) is 0 Å². The lowest BCUT2D eigenvalue weighted by Crippen LogP contribution is -2.07. The van der Waals surface area contributed by atoms with Gasteiger partial charge in [0.1, 0.15) is 0 Å². The summed E-state index contributed by atoms with van der Waals surface area (Å²) in [6, 6.07) is 0. The minimum atomic E-state index is 0.0596. The molecule has 0 saturated heterocycles. The van der Waals surface area contributed by atoms with Crippen molar-refractivity contribution in [3.05, 3.63) is 0 Å². The van der Waals surface area contributed by atoms with Crippen LogP contribution in [-0.2, 0) is 4.74 Å². The molecule has 0 aromatic carbocycles. The van der Waals surface area contributed by atoms with E-state index in [9.17, 15) is 0 Å². The van der Waals surface area contributed by atoms with Gasteiger partial charge in [-0.15, -0.1) is 4.55 Å². The maximum atomic E-state index is 5.49. The maximum Gasteiger partial charge on any atom is 0.468 e. The van der Waals surface area contributed by atoms with Crippen molar-refractivity contribution in [1.82, 2.24) is 0 Å². The second kappa shape index (κ2) is 9.30. The predicted molar refractivity (Wildman–Crippen MR) is 54.4 cm³/mol. The molecule has 0 saturated carbocycles. The van der Waals surface area contributed by atoms with E-state index in [2.05, 4.69) is 26.7 Å². The van der Waals surface area contributed by atoms with Crippen molar-refractivity contribution in [2.75, 3.05) is 13.2 Å². The summed E-state index contributed by atoms with van der Waals surface area (Å²) in [7, 11) is 0. The summed E-state index contributed by atoms with van der Waals surface area (Å²) in [6.07, 6.45) is 2.44. The summed E-state index contributed by atoms with van der Waals surface area (Å²) >= 11 is 3.62. The molecule has 0 aliphatic heterocycles. The molecule has 0 aromatic rings. The van der Waals surface area contributed by atoms with Gasteiger partial charge in [0.2, 0.25) is 0 Å². The van der Waals surface area contributed by atoms with Gasteiger partial charge >= 0.3 is 18.2 Å². The van der Waals surface area contributed by atoms with Crippen LogP contribution in [0.3, 0.4) is 0 Å². The number of ether oxygens (including phenoxy) is 1. The summed E-state index contributed by atoms with van der Waals surface area (Å²) in [5, 5.41) is 0. The van der Waals surface area contributed by atoms with Crippen molar-refractivity contribution >= 4 is 31.1 Å². The highest BCUT2D eigenvalue weighted by molar-refractivity contribution is 9.23. The fourth-order valence-electron chi connectivity index (χ4n) is 0.801. The predicted octanol–water partition coefficient (Wildman–Crippen LogP) is 2.87. The molecule has 0 heterocycles. The fraction of sp³-hybridized carbons (Fsp3) is 1.00. The zero-order valence-electron chi connectivity index (χ0n) is 7.61. The van der Waals surface area contributed by atoms with Gasteiger partial charge in [-0.2, -0.15) is 0 Å². The van der Waals surface area contributed by atoms with Crippen molar-refractivity contribution in [2.45, 2.75) is 31.2 Å². The quantitative estimate of drug-likeness (QED) is 0.485. The summed E-state index contributed by atoms with van der Waals surface area (Å²) in [4.78, 5) is 0. The Morgan fingerprint density at radius 3 is 2.82 bits per heavy atom. The molecule has 1 nitrogen and oxygen atoms in total. The minimum absolute atomic E-state index is 0.0596. The number of halogens is 1. The van der Waals surface area contributed by atoms with E-state index in [-0.39, 0.29) is 18.2 Å². The van der Waals surface area contributed by atoms with Crippen molar-refractivity contribution in [2.24, 2.45) is 5.92 Å². The van der Waals surface area contributed by atoms with E-state index < -0.39 is 0 Å². The van der Waals surface area contributed by atoms with E-state index in [0.29, 0.717) is 0 Å². The molecule has 0 radical (unpaired) electrons. The highest BCUT2D eigenvalue weighted by Crippen LogP contribution is 2.04. The van der Waals surface area contributed by atoms with E-state index in [1.807, 2.05) is 0 Å². The Hall–Kier alpha value is 1.21. The van der Waals surface area contributed by atoms with E-state index in [1.54, 1.807) is 0 Å². The topological polar surface area (TPSA) is 9.23 Å². The van der Waals surface area contributed by atoms with E-state index >= 15 is 0 Å². The molecule has 0 fully saturated rings. The SMILES string of the molecule is CCCCOCC(C)[CH2][Mg][Br]. The monoisotopic (exact) mass is 232 g/mol. The third-order valence-electron chi connectivity index (χ3n) is 1.65. The molecule has 0 rings (SSSR count). The first-order chi connectivity index (χ1) is 5.31. The molecular formula is C8H17BrMgO. The van der Waals surface area contributed by atoms with Crippen LogP contribution in [-0.4, -0.2) is 31.4 Å². The van der Waals surface area contributed by atoms with E-state index in [1.165, 1.54) is 17.4 Å². The number of rotatable bonds is 7. The van der Waals surface area contributed by atoms with Crippen molar-refractivity contribution in [3.63, 3.8) is 0 Å². The van der Waals surface area contributed by atoms with Crippen LogP contribution < -0.4 is 0 Å². The Kier molecular flexibility index (Phi) is 10.3. The standard InChI is InChI=1S/C8H17O.BrH.Mg/c1-4-5-6-9-7-8(2)3;;/h8H,2,4-7H2,1,3H3;1H;/q;;+1/p-1. The minimum Gasteiger partial charge on any atom is -0.381 e. The molecule has 1 unspecified atom stereocenters. The molecule has 0 spiro atoms. The van der Waals surface area contributed by atoms with Crippen LogP contribution >= 0.6 is 12.9 Å². The van der Waals surface area contributed by atoms with Gasteiger partial charge in [-0.25, -0.2) is 0 Å². The van der Waals surface area contributed by atoms with Crippen LogP contribution in [0.15, 0.2) is 0 Å². The number of unbranched alkanes of at least 4 members (excludes halogenated alkanes) is 1. The third kappa shape index (κ3) is 9.12.